The Morgan fingerprint density at radius 1 is 1.12 bits per heavy atom. The van der Waals surface area contributed by atoms with Crippen molar-refractivity contribution < 1.29 is 14.0 Å². The molecule has 8 heteroatoms. The topological polar surface area (TPSA) is 74.3 Å². The van der Waals surface area contributed by atoms with Gasteiger partial charge in [-0.3, -0.25) is 14.5 Å². The summed E-state index contributed by atoms with van der Waals surface area (Å²) in [6.07, 6.45) is 4.03. The normalized spacial score (nSPS) is 14.6. The van der Waals surface area contributed by atoms with E-state index in [0.717, 1.165) is 16.9 Å². The number of halogens is 1. The van der Waals surface area contributed by atoms with E-state index in [1.54, 1.807) is 12.1 Å². The van der Waals surface area contributed by atoms with Crippen molar-refractivity contribution in [2.75, 3.05) is 25.0 Å². The average molecular weight is 481 g/mol. The van der Waals surface area contributed by atoms with Gasteiger partial charge >= 0.3 is 0 Å². The highest BCUT2D eigenvalue weighted by molar-refractivity contribution is 7.15. The molecule has 1 aliphatic heterocycles. The lowest BCUT2D eigenvalue weighted by Gasteiger charge is -2.30. The van der Waals surface area contributed by atoms with Crippen molar-refractivity contribution >= 4 is 28.3 Å². The summed E-state index contributed by atoms with van der Waals surface area (Å²) in [6.45, 7) is 4.14. The number of likely N-dealkylation sites (tertiary alicyclic amines) is 1. The minimum Gasteiger partial charge on any atom is -0.352 e. The molecule has 0 bridgehead atoms. The highest BCUT2D eigenvalue weighted by atomic mass is 32.1. The third-order valence-corrected chi connectivity index (χ3v) is 6.88. The number of benzene rings is 2. The Labute approximate surface area is 203 Å². The summed E-state index contributed by atoms with van der Waals surface area (Å²) in [6, 6.07) is 14.5. The molecule has 0 aliphatic carbocycles. The van der Waals surface area contributed by atoms with Crippen LogP contribution >= 0.6 is 11.3 Å². The fourth-order valence-electron chi connectivity index (χ4n) is 4.12. The molecule has 0 atom stereocenters. The molecule has 6 nitrogen and oxygen atoms in total. The first-order valence-corrected chi connectivity index (χ1v) is 12.3. The van der Waals surface area contributed by atoms with Crippen LogP contribution in [0.25, 0.3) is 0 Å². The van der Waals surface area contributed by atoms with Crippen molar-refractivity contribution in [2.24, 2.45) is 5.92 Å². The number of hydrogen-bond donors (Lipinski definition) is 2. The standard InChI is InChI=1S/C26H29FN4O2S/c1-18-3-2-4-20(13-18)14-23-16-29-26(34-23)30-24(32)17-31-11-9-21(10-12-31)25(33)28-15-19-5-7-22(27)8-6-19/h2-8,13,16,21H,9-12,14-15,17H2,1H3,(H,28,33)(H,29,30,32). The number of aromatic nitrogens is 1. The Morgan fingerprint density at radius 3 is 2.62 bits per heavy atom. The van der Waals surface area contributed by atoms with E-state index in [0.29, 0.717) is 37.6 Å². The Hall–Kier alpha value is -3.10. The van der Waals surface area contributed by atoms with Gasteiger partial charge in [0.2, 0.25) is 11.8 Å². The van der Waals surface area contributed by atoms with Gasteiger partial charge in [-0.25, -0.2) is 9.37 Å². The van der Waals surface area contributed by atoms with E-state index in [-0.39, 0.29) is 30.1 Å². The number of carbonyl (C=O) groups is 2. The van der Waals surface area contributed by atoms with Gasteiger partial charge in [0.05, 0.1) is 6.54 Å². The first-order chi connectivity index (χ1) is 16.4. The van der Waals surface area contributed by atoms with Gasteiger partial charge in [0.15, 0.2) is 5.13 Å². The minimum atomic E-state index is -0.288. The Kier molecular flexibility index (Phi) is 8.03. The van der Waals surface area contributed by atoms with Gasteiger partial charge in [0.1, 0.15) is 5.82 Å². The Bertz CT molecular complexity index is 1120. The van der Waals surface area contributed by atoms with E-state index in [2.05, 4.69) is 45.6 Å². The van der Waals surface area contributed by atoms with Gasteiger partial charge in [-0.15, -0.1) is 11.3 Å². The van der Waals surface area contributed by atoms with Crippen molar-refractivity contribution in [3.63, 3.8) is 0 Å². The van der Waals surface area contributed by atoms with E-state index in [9.17, 15) is 14.0 Å². The largest absolute Gasteiger partial charge is 0.352 e. The van der Waals surface area contributed by atoms with Crippen LogP contribution in [-0.4, -0.2) is 41.3 Å². The zero-order valence-corrected chi connectivity index (χ0v) is 20.0. The van der Waals surface area contributed by atoms with Crippen molar-refractivity contribution in [1.82, 2.24) is 15.2 Å². The molecule has 0 unspecified atom stereocenters. The predicted molar refractivity (Wildman–Crippen MR) is 132 cm³/mol. The molecule has 2 heterocycles. The summed E-state index contributed by atoms with van der Waals surface area (Å²) in [5.74, 6) is -0.431. The molecule has 1 fully saturated rings. The number of thiazole rings is 1. The van der Waals surface area contributed by atoms with Crippen LogP contribution in [0, 0.1) is 18.7 Å². The molecule has 0 spiro atoms. The summed E-state index contributed by atoms with van der Waals surface area (Å²) in [4.78, 5) is 32.5. The number of rotatable bonds is 8. The number of carbonyl (C=O) groups excluding carboxylic acids is 2. The SMILES string of the molecule is Cc1cccc(Cc2cnc(NC(=O)CN3CCC(C(=O)NCc4ccc(F)cc4)CC3)s2)c1. The number of nitrogens with one attached hydrogen (secondary N) is 2. The lowest BCUT2D eigenvalue weighted by molar-refractivity contribution is -0.126. The van der Waals surface area contributed by atoms with Crippen LogP contribution in [0.3, 0.4) is 0 Å². The first kappa shape index (κ1) is 24.0. The van der Waals surface area contributed by atoms with Crippen LogP contribution < -0.4 is 10.6 Å². The molecule has 2 amide bonds. The van der Waals surface area contributed by atoms with Crippen LogP contribution in [-0.2, 0) is 22.6 Å². The molecule has 1 saturated heterocycles. The predicted octanol–water partition coefficient (Wildman–Crippen LogP) is 4.15. The van der Waals surface area contributed by atoms with Crippen LogP contribution in [0.5, 0.6) is 0 Å². The second kappa shape index (κ2) is 11.4. The van der Waals surface area contributed by atoms with E-state index in [1.165, 1.54) is 34.6 Å². The number of piperidine rings is 1. The number of hydrogen-bond acceptors (Lipinski definition) is 5. The van der Waals surface area contributed by atoms with Crippen molar-refractivity contribution in [1.29, 1.82) is 0 Å². The van der Waals surface area contributed by atoms with E-state index >= 15 is 0 Å². The molecule has 34 heavy (non-hydrogen) atoms. The molecule has 1 aromatic heterocycles. The van der Waals surface area contributed by atoms with Gasteiger partial charge in [-0.1, -0.05) is 42.0 Å². The molecular weight excluding hydrogens is 451 g/mol. The molecule has 4 rings (SSSR count). The van der Waals surface area contributed by atoms with Crippen LogP contribution in [0.15, 0.2) is 54.7 Å². The quantitative estimate of drug-likeness (QED) is 0.508. The first-order valence-electron chi connectivity index (χ1n) is 11.5. The maximum absolute atomic E-state index is 13.0. The van der Waals surface area contributed by atoms with Crippen LogP contribution in [0.1, 0.15) is 34.4 Å². The molecule has 2 N–H and O–H groups in total. The third kappa shape index (κ3) is 6.95. The van der Waals surface area contributed by atoms with E-state index in [1.807, 2.05) is 12.3 Å². The summed E-state index contributed by atoms with van der Waals surface area (Å²) in [5.41, 5.74) is 3.32. The number of amides is 2. The Balaban J connectivity index is 1.18. The lowest BCUT2D eigenvalue weighted by Crippen LogP contribution is -2.43. The van der Waals surface area contributed by atoms with Gasteiger partial charge < -0.3 is 10.6 Å². The maximum atomic E-state index is 13.0. The number of nitrogens with zero attached hydrogens (tertiary/aromatic N) is 2. The number of aryl methyl sites for hydroxylation is 1. The third-order valence-electron chi connectivity index (χ3n) is 5.97. The van der Waals surface area contributed by atoms with E-state index in [4.69, 9.17) is 0 Å². The maximum Gasteiger partial charge on any atom is 0.240 e. The lowest BCUT2D eigenvalue weighted by atomic mass is 9.96. The summed E-state index contributed by atoms with van der Waals surface area (Å²) < 4.78 is 13.0. The summed E-state index contributed by atoms with van der Waals surface area (Å²) >= 11 is 1.50. The molecule has 3 aromatic rings. The van der Waals surface area contributed by atoms with Crippen molar-refractivity contribution in [3.8, 4) is 0 Å². The molecule has 0 radical (unpaired) electrons. The fraction of sp³-hybridized carbons (Fsp3) is 0.346. The van der Waals surface area contributed by atoms with Crippen molar-refractivity contribution in [2.45, 2.75) is 32.7 Å². The van der Waals surface area contributed by atoms with Crippen LogP contribution in [0.4, 0.5) is 9.52 Å². The van der Waals surface area contributed by atoms with Crippen LogP contribution in [0.2, 0.25) is 0 Å². The Morgan fingerprint density at radius 2 is 1.88 bits per heavy atom. The second-order valence-corrected chi connectivity index (χ2v) is 9.86. The molecule has 0 saturated carbocycles. The monoisotopic (exact) mass is 480 g/mol. The van der Waals surface area contributed by atoms with Crippen molar-refractivity contribution in [3.05, 3.63) is 82.1 Å². The van der Waals surface area contributed by atoms with Gasteiger partial charge in [-0.2, -0.15) is 0 Å². The highest BCUT2D eigenvalue weighted by Crippen LogP contribution is 2.22. The van der Waals surface area contributed by atoms with Gasteiger partial charge in [0, 0.05) is 30.0 Å². The number of anilines is 1. The van der Waals surface area contributed by atoms with Gasteiger partial charge in [0.25, 0.3) is 0 Å². The molecule has 1 aliphatic rings. The summed E-state index contributed by atoms with van der Waals surface area (Å²) in [5, 5.41) is 6.45. The fourth-order valence-corrected chi connectivity index (χ4v) is 4.98. The van der Waals surface area contributed by atoms with E-state index < -0.39 is 0 Å². The minimum absolute atomic E-state index is 0.0114. The second-order valence-electron chi connectivity index (χ2n) is 8.74. The molecule has 2 aromatic carbocycles. The zero-order chi connectivity index (χ0) is 23.9. The highest BCUT2D eigenvalue weighted by Gasteiger charge is 2.26. The zero-order valence-electron chi connectivity index (χ0n) is 19.2. The summed E-state index contributed by atoms with van der Waals surface area (Å²) in [7, 11) is 0. The molecule has 178 valence electrons. The smallest absolute Gasteiger partial charge is 0.240 e. The van der Waals surface area contributed by atoms with Gasteiger partial charge in [-0.05, 0) is 56.1 Å². The average Bonchev–Trinajstić information content (AvgIpc) is 3.25. The molecular formula is C26H29FN4O2S.